The van der Waals surface area contributed by atoms with Crippen LogP contribution in [0.4, 0.5) is 11.1 Å². The Hall–Kier alpha value is -2.44. The van der Waals surface area contributed by atoms with Crippen LogP contribution in [0.2, 0.25) is 5.02 Å². The summed E-state index contributed by atoms with van der Waals surface area (Å²) in [6.45, 7) is 0. The molecule has 1 N–H and O–H groups in total. The van der Waals surface area contributed by atoms with Crippen molar-refractivity contribution in [3.05, 3.63) is 47.0 Å². The van der Waals surface area contributed by atoms with Crippen molar-refractivity contribution < 1.29 is 4.79 Å². The van der Waals surface area contributed by atoms with Gasteiger partial charge in [-0.15, -0.1) is 0 Å². The lowest BCUT2D eigenvalue weighted by atomic mass is 10.2. The van der Waals surface area contributed by atoms with Crippen molar-refractivity contribution in [3.8, 4) is 0 Å². The second-order valence-electron chi connectivity index (χ2n) is 5.12. The maximum Gasteiger partial charge on any atom is 0.209 e. The highest BCUT2D eigenvalue weighted by atomic mass is 35.5. The van der Waals surface area contributed by atoms with Crippen molar-refractivity contribution in [1.82, 2.24) is 14.5 Å². The van der Waals surface area contributed by atoms with E-state index in [1.807, 2.05) is 35.9 Å². The predicted molar refractivity (Wildman–Crippen MR) is 94.0 cm³/mol. The summed E-state index contributed by atoms with van der Waals surface area (Å²) in [5, 5.41) is 4.67. The number of thiazole rings is 1. The Kier molecular flexibility index (Phi) is 3.28. The molecular formula is C16H11ClN4OS. The number of hydrogen-bond donors (Lipinski definition) is 1. The highest BCUT2D eigenvalue weighted by molar-refractivity contribution is 7.22. The SMILES string of the molecule is Cn1c(Nc2nc3ccc(Cl)cc3s2)nc2cc(C=O)ccc21. The molecule has 0 aliphatic rings. The number of rotatable bonds is 3. The fourth-order valence-corrected chi connectivity index (χ4v) is 3.59. The summed E-state index contributed by atoms with van der Waals surface area (Å²) < 4.78 is 2.95. The van der Waals surface area contributed by atoms with E-state index in [0.717, 1.165) is 32.7 Å². The van der Waals surface area contributed by atoms with Gasteiger partial charge in [0.2, 0.25) is 5.95 Å². The molecule has 0 unspecified atom stereocenters. The molecule has 0 amide bonds. The first-order valence-electron chi connectivity index (χ1n) is 6.89. The van der Waals surface area contributed by atoms with E-state index in [9.17, 15) is 4.79 Å². The molecule has 0 atom stereocenters. The van der Waals surface area contributed by atoms with Gasteiger partial charge in [-0.1, -0.05) is 22.9 Å². The zero-order valence-corrected chi connectivity index (χ0v) is 13.6. The predicted octanol–water partition coefficient (Wildman–Crippen LogP) is 4.39. The summed E-state index contributed by atoms with van der Waals surface area (Å²) in [5.74, 6) is 0.674. The molecule has 0 aliphatic carbocycles. The molecular weight excluding hydrogens is 332 g/mol. The lowest BCUT2D eigenvalue weighted by Crippen LogP contribution is -1.98. The molecule has 0 saturated carbocycles. The quantitative estimate of drug-likeness (QED) is 0.561. The maximum atomic E-state index is 10.9. The van der Waals surface area contributed by atoms with Gasteiger partial charge in [-0.25, -0.2) is 9.97 Å². The summed E-state index contributed by atoms with van der Waals surface area (Å²) >= 11 is 7.53. The van der Waals surface area contributed by atoms with Gasteiger partial charge in [0.1, 0.15) is 6.29 Å². The molecule has 0 spiro atoms. The molecule has 4 aromatic rings. The first kappa shape index (κ1) is 14.2. The molecule has 5 nitrogen and oxygen atoms in total. The Labute approximate surface area is 140 Å². The van der Waals surface area contributed by atoms with Gasteiger partial charge in [0.15, 0.2) is 5.13 Å². The van der Waals surface area contributed by atoms with E-state index in [-0.39, 0.29) is 0 Å². The van der Waals surface area contributed by atoms with Crippen LogP contribution in [-0.4, -0.2) is 20.8 Å². The third-order valence-corrected chi connectivity index (χ3v) is 4.78. The number of aromatic nitrogens is 3. The third-order valence-electron chi connectivity index (χ3n) is 3.61. The van der Waals surface area contributed by atoms with E-state index in [2.05, 4.69) is 15.3 Å². The van der Waals surface area contributed by atoms with Crippen LogP contribution >= 0.6 is 22.9 Å². The molecule has 0 aliphatic heterocycles. The minimum absolute atomic E-state index is 0.608. The average Bonchev–Trinajstić information content (AvgIpc) is 3.08. The summed E-state index contributed by atoms with van der Waals surface area (Å²) in [6.07, 6.45) is 0.818. The van der Waals surface area contributed by atoms with Crippen molar-refractivity contribution in [2.45, 2.75) is 0 Å². The highest BCUT2D eigenvalue weighted by Gasteiger charge is 2.11. The molecule has 2 aromatic heterocycles. The van der Waals surface area contributed by atoms with Gasteiger partial charge in [0.05, 0.1) is 21.3 Å². The largest absolute Gasteiger partial charge is 0.313 e. The van der Waals surface area contributed by atoms with E-state index >= 15 is 0 Å². The van der Waals surface area contributed by atoms with Gasteiger partial charge in [0, 0.05) is 17.6 Å². The minimum Gasteiger partial charge on any atom is -0.313 e. The van der Waals surface area contributed by atoms with Gasteiger partial charge in [-0.3, -0.25) is 4.79 Å². The zero-order valence-electron chi connectivity index (χ0n) is 12.1. The van der Waals surface area contributed by atoms with E-state index in [4.69, 9.17) is 11.6 Å². The molecule has 4 rings (SSSR count). The number of carbonyl (C=O) groups excluding carboxylic acids is 1. The summed E-state index contributed by atoms with van der Waals surface area (Å²) in [4.78, 5) is 20.0. The second kappa shape index (κ2) is 5.33. The molecule has 2 aromatic carbocycles. The normalized spacial score (nSPS) is 11.2. The first-order valence-corrected chi connectivity index (χ1v) is 8.08. The fraction of sp³-hybridized carbons (Fsp3) is 0.0625. The number of anilines is 2. The number of halogens is 1. The third kappa shape index (κ3) is 2.46. The maximum absolute atomic E-state index is 10.9. The van der Waals surface area contributed by atoms with E-state index in [1.165, 1.54) is 11.3 Å². The van der Waals surface area contributed by atoms with E-state index in [1.54, 1.807) is 12.1 Å². The molecule has 7 heteroatoms. The van der Waals surface area contributed by atoms with Gasteiger partial charge >= 0.3 is 0 Å². The van der Waals surface area contributed by atoms with Gasteiger partial charge in [-0.2, -0.15) is 0 Å². The van der Waals surface area contributed by atoms with Crippen LogP contribution in [0.3, 0.4) is 0 Å². The van der Waals surface area contributed by atoms with Crippen LogP contribution in [0, 0.1) is 0 Å². The van der Waals surface area contributed by atoms with Crippen molar-refractivity contribution in [2.75, 3.05) is 5.32 Å². The minimum atomic E-state index is 0.608. The van der Waals surface area contributed by atoms with E-state index < -0.39 is 0 Å². The molecule has 0 radical (unpaired) electrons. The van der Waals surface area contributed by atoms with Crippen molar-refractivity contribution >= 4 is 61.6 Å². The molecule has 2 heterocycles. The first-order chi connectivity index (χ1) is 11.1. The van der Waals surface area contributed by atoms with Crippen molar-refractivity contribution in [3.63, 3.8) is 0 Å². The van der Waals surface area contributed by atoms with Gasteiger partial charge in [0.25, 0.3) is 0 Å². The highest BCUT2D eigenvalue weighted by Crippen LogP contribution is 2.30. The fourth-order valence-electron chi connectivity index (χ4n) is 2.45. The number of aryl methyl sites for hydroxylation is 1. The number of hydrogen-bond acceptors (Lipinski definition) is 5. The Morgan fingerprint density at radius 3 is 2.87 bits per heavy atom. The van der Waals surface area contributed by atoms with Gasteiger partial charge in [-0.05, 0) is 36.4 Å². The molecule has 114 valence electrons. The number of nitrogens with zero attached hydrogens (tertiary/aromatic N) is 3. The van der Waals surface area contributed by atoms with Crippen LogP contribution in [0.1, 0.15) is 10.4 Å². The molecule has 0 bridgehead atoms. The standard InChI is InChI=1S/C16H11ClN4OS/c1-21-13-5-2-9(8-22)6-12(13)18-15(21)20-16-19-11-4-3-10(17)7-14(11)23-16/h2-8H,1H3,(H,18,19,20). The number of nitrogens with one attached hydrogen (secondary N) is 1. The lowest BCUT2D eigenvalue weighted by Gasteiger charge is -2.02. The Bertz CT molecular complexity index is 1050. The number of imidazole rings is 1. The van der Waals surface area contributed by atoms with E-state index in [0.29, 0.717) is 16.5 Å². The van der Waals surface area contributed by atoms with Gasteiger partial charge < -0.3 is 9.88 Å². The number of fused-ring (bicyclic) bond motifs is 2. The number of carbonyl (C=O) groups is 1. The summed E-state index contributed by atoms with van der Waals surface area (Å²) in [5.41, 5.74) is 3.21. The molecule has 0 saturated heterocycles. The Morgan fingerprint density at radius 1 is 1.17 bits per heavy atom. The monoisotopic (exact) mass is 342 g/mol. The Balaban J connectivity index is 1.76. The van der Waals surface area contributed by atoms with Crippen molar-refractivity contribution in [2.24, 2.45) is 7.05 Å². The van der Waals surface area contributed by atoms with Crippen molar-refractivity contribution in [1.29, 1.82) is 0 Å². The average molecular weight is 343 g/mol. The Morgan fingerprint density at radius 2 is 2.04 bits per heavy atom. The van der Waals surface area contributed by atoms with Crippen LogP contribution < -0.4 is 5.32 Å². The number of benzene rings is 2. The summed E-state index contributed by atoms with van der Waals surface area (Å²) in [7, 11) is 1.92. The van der Waals surface area contributed by atoms with Crippen LogP contribution in [0.25, 0.3) is 21.3 Å². The zero-order chi connectivity index (χ0) is 16.0. The summed E-state index contributed by atoms with van der Waals surface area (Å²) in [6, 6.07) is 11.0. The van der Waals surface area contributed by atoms with Crippen LogP contribution in [0.5, 0.6) is 0 Å². The smallest absolute Gasteiger partial charge is 0.209 e. The second-order valence-corrected chi connectivity index (χ2v) is 6.58. The van der Waals surface area contributed by atoms with Crippen LogP contribution in [-0.2, 0) is 7.05 Å². The topological polar surface area (TPSA) is 59.8 Å². The number of aldehydes is 1. The van der Waals surface area contributed by atoms with Crippen LogP contribution in [0.15, 0.2) is 36.4 Å². The lowest BCUT2D eigenvalue weighted by molar-refractivity contribution is 0.112. The molecule has 0 fully saturated rings. The molecule has 23 heavy (non-hydrogen) atoms.